The molecule has 1 unspecified atom stereocenters. The Kier molecular flexibility index (Phi) is 7.20. The van der Waals surface area contributed by atoms with Gasteiger partial charge in [-0.05, 0) is 74.8 Å². The molecule has 2 aromatic carbocycles. The Morgan fingerprint density at radius 2 is 1.79 bits per heavy atom. The van der Waals surface area contributed by atoms with E-state index >= 15 is 0 Å². The van der Waals surface area contributed by atoms with E-state index in [1.165, 1.54) is 22.9 Å². The predicted octanol–water partition coefficient (Wildman–Crippen LogP) is 6.28. The van der Waals surface area contributed by atoms with E-state index in [1.54, 1.807) is 6.07 Å². The van der Waals surface area contributed by atoms with Crippen LogP contribution in [-0.4, -0.2) is 39.8 Å². The summed E-state index contributed by atoms with van der Waals surface area (Å²) < 4.78 is 5.54. The SMILES string of the molecule is CC(C)(C)OC(=O)N1CCC(c2cccc(C(Cc3ccccc3)c3ccc(O)cn3)c2)CC1. The first-order chi connectivity index (χ1) is 16.3. The highest BCUT2D eigenvalue weighted by molar-refractivity contribution is 5.68. The number of pyridine rings is 1. The molecule has 5 heteroatoms. The molecule has 1 saturated heterocycles. The molecule has 34 heavy (non-hydrogen) atoms. The zero-order valence-corrected chi connectivity index (χ0v) is 20.3. The summed E-state index contributed by atoms with van der Waals surface area (Å²) in [5.41, 5.74) is 4.24. The summed E-state index contributed by atoms with van der Waals surface area (Å²) in [6, 6.07) is 22.8. The van der Waals surface area contributed by atoms with Gasteiger partial charge >= 0.3 is 6.09 Å². The third kappa shape index (κ3) is 6.16. The van der Waals surface area contributed by atoms with Gasteiger partial charge in [-0.1, -0.05) is 54.6 Å². The number of benzene rings is 2. The van der Waals surface area contributed by atoms with Crippen molar-refractivity contribution in [3.8, 4) is 5.75 Å². The van der Waals surface area contributed by atoms with Crippen molar-refractivity contribution in [1.82, 2.24) is 9.88 Å². The molecule has 0 saturated carbocycles. The minimum absolute atomic E-state index is 0.0878. The molecule has 0 bridgehead atoms. The Labute approximate surface area is 202 Å². The fourth-order valence-electron chi connectivity index (χ4n) is 4.60. The standard InChI is InChI=1S/C29H34N2O3/c1-29(2,3)34-28(33)31-16-14-22(15-17-31)23-10-7-11-24(19-23)26(18-21-8-5-4-6-9-21)27-13-12-25(32)20-30-27/h4-13,19-20,22,26,32H,14-18H2,1-3H3. The van der Waals surface area contributed by atoms with Crippen LogP contribution in [-0.2, 0) is 11.2 Å². The van der Waals surface area contributed by atoms with Gasteiger partial charge in [0.25, 0.3) is 0 Å². The molecule has 1 N–H and O–H groups in total. The van der Waals surface area contributed by atoms with Gasteiger partial charge in [-0.25, -0.2) is 4.79 Å². The second-order valence-corrected chi connectivity index (χ2v) is 10.1. The first kappa shape index (κ1) is 23.8. The molecule has 1 aliphatic heterocycles. The highest BCUT2D eigenvalue weighted by Crippen LogP contribution is 2.33. The van der Waals surface area contributed by atoms with Gasteiger partial charge in [-0.2, -0.15) is 0 Å². The molecule has 2 heterocycles. The summed E-state index contributed by atoms with van der Waals surface area (Å²) in [5, 5.41) is 9.74. The number of likely N-dealkylation sites (tertiary alicyclic amines) is 1. The number of carbonyl (C=O) groups is 1. The number of hydrogen-bond donors (Lipinski definition) is 1. The first-order valence-electron chi connectivity index (χ1n) is 12.0. The van der Waals surface area contributed by atoms with Crippen molar-refractivity contribution in [2.75, 3.05) is 13.1 Å². The number of nitrogens with zero attached hydrogens (tertiary/aromatic N) is 2. The van der Waals surface area contributed by atoms with E-state index in [0.29, 0.717) is 19.0 Å². The minimum Gasteiger partial charge on any atom is -0.506 e. The second kappa shape index (κ2) is 10.3. The smallest absolute Gasteiger partial charge is 0.410 e. The lowest BCUT2D eigenvalue weighted by Crippen LogP contribution is -2.41. The number of carbonyl (C=O) groups excluding carboxylic acids is 1. The number of aromatic nitrogens is 1. The Balaban J connectivity index is 1.52. The fraction of sp³-hybridized carbons (Fsp3) is 0.379. The van der Waals surface area contributed by atoms with E-state index in [4.69, 9.17) is 4.74 Å². The van der Waals surface area contributed by atoms with Gasteiger partial charge in [-0.3, -0.25) is 4.98 Å². The van der Waals surface area contributed by atoms with Gasteiger partial charge in [0.2, 0.25) is 0 Å². The topological polar surface area (TPSA) is 62.7 Å². The maximum Gasteiger partial charge on any atom is 0.410 e. The molecule has 0 spiro atoms. The molecular formula is C29H34N2O3. The molecule has 1 amide bonds. The van der Waals surface area contributed by atoms with Gasteiger partial charge in [-0.15, -0.1) is 0 Å². The lowest BCUT2D eigenvalue weighted by molar-refractivity contribution is 0.0205. The highest BCUT2D eigenvalue weighted by atomic mass is 16.6. The van der Waals surface area contributed by atoms with Crippen LogP contribution in [0, 0.1) is 0 Å². The molecule has 4 rings (SSSR count). The third-order valence-corrected chi connectivity index (χ3v) is 6.34. The summed E-state index contributed by atoms with van der Waals surface area (Å²) in [6.45, 7) is 7.11. The number of ether oxygens (including phenoxy) is 1. The highest BCUT2D eigenvalue weighted by Gasteiger charge is 2.28. The molecule has 0 aliphatic carbocycles. The molecule has 5 nitrogen and oxygen atoms in total. The average Bonchev–Trinajstić information content (AvgIpc) is 2.83. The Morgan fingerprint density at radius 1 is 1.06 bits per heavy atom. The van der Waals surface area contributed by atoms with Crippen LogP contribution in [0.25, 0.3) is 0 Å². The zero-order chi connectivity index (χ0) is 24.1. The monoisotopic (exact) mass is 458 g/mol. The maximum atomic E-state index is 12.4. The lowest BCUT2D eigenvalue weighted by atomic mass is 9.84. The summed E-state index contributed by atoms with van der Waals surface area (Å²) >= 11 is 0. The molecule has 1 fully saturated rings. The van der Waals surface area contributed by atoms with Gasteiger partial charge in [0.05, 0.1) is 6.20 Å². The van der Waals surface area contributed by atoms with Crippen LogP contribution in [0.15, 0.2) is 72.9 Å². The summed E-state index contributed by atoms with van der Waals surface area (Å²) in [4.78, 5) is 18.8. The normalized spacial score (nSPS) is 15.7. The van der Waals surface area contributed by atoms with E-state index in [-0.39, 0.29) is 17.8 Å². The molecule has 1 atom stereocenters. The van der Waals surface area contributed by atoms with Gasteiger partial charge in [0.15, 0.2) is 0 Å². The molecule has 178 valence electrons. The van der Waals surface area contributed by atoms with Gasteiger partial charge in [0, 0.05) is 24.7 Å². The number of aromatic hydroxyl groups is 1. The number of piperidine rings is 1. The Hall–Kier alpha value is -3.34. The van der Waals surface area contributed by atoms with Crippen LogP contribution in [0.1, 0.15) is 67.8 Å². The summed E-state index contributed by atoms with van der Waals surface area (Å²) in [7, 11) is 0. The summed E-state index contributed by atoms with van der Waals surface area (Å²) in [5.74, 6) is 0.668. The lowest BCUT2D eigenvalue weighted by Gasteiger charge is -2.34. The van der Waals surface area contributed by atoms with E-state index in [2.05, 4.69) is 53.5 Å². The van der Waals surface area contributed by atoms with Crippen LogP contribution < -0.4 is 0 Å². The van der Waals surface area contributed by atoms with Crippen LogP contribution in [0.2, 0.25) is 0 Å². The van der Waals surface area contributed by atoms with Gasteiger partial charge in [0.1, 0.15) is 11.4 Å². The fourth-order valence-corrected chi connectivity index (χ4v) is 4.60. The molecular weight excluding hydrogens is 424 g/mol. The van der Waals surface area contributed by atoms with Crippen LogP contribution in [0.5, 0.6) is 5.75 Å². The number of amides is 1. The molecule has 3 aromatic rings. The van der Waals surface area contributed by atoms with E-state index in [0.717, 1.165) is 25.0 Å². The van der Waals surface area contributed by atoms with Crippen molar-refractivity contribution in [1.29, 1.82) is 0 Å². The predicted molar refractivity (Wildman–Crippen MR) is 134 cm³/mol. The van der Waals surface area contributed by atoms with E-state index in [1.807, 2.05) is 37.8 Å². The van der Waals surface area contributed by atoms with Crippen molar-refractivity contribution in [3.05, 3.63) is 95.3 Å². The van der Waals surface area contributed by atoms with Crippen molar-refractivity contribution < 1.29 is 14.6 Å². The average molecular weight is 459 g/mol. The molecule has 0 radical (unpaired) electrons. The molecule has 1 aliphatic rings. The van der Waals surface area contributed by atoms with Crippen LogP contribution >= 0.6 is 0 Å². The Bertz CT molecular complexity index is 1080. The quantitative estimate of drug-likeness (QED) is 0.489. The van der Waals surface area contributed by atoms with Crippen molar-refractivity contribution in [3.63, 3.8) is 0 Å². The Morgan fingerprint density at radius 3 is 2.44 bits per heavy atom. The van der Waals surface area contributed by atoms with E-state index in [9.17, 15) is 9.90 Å². The van der Waals surface area contributed by atoms with Crippen LogP contribution in [0.3, 0.4) is 0 Å². The second-order valence-electron chi connectivity index (χ2n) is 10.1. The van der Waals surface area contributed by atoms with Crippen molar-refractivity contribution in [2.45, 2.75) is 57.5 Å². The van der Waals surface area contributed by atoms with Crippen molar-refractivity contribution in [2.24, 2.45) is 0 Å². The molecule has 1 aromatic heterocycles. The third-order valence-electron chi connectivity index (χ3n) is 6.34. The largest absolute Gasteiger partial charge is 0.506 e. The van der Waals surface area contributed by atoms with Crippen molar-refractivity contribution >= 4 is 6.09 Å². The van der Waals surface area contributed by atoms with E-state index < -0.39 is 5.60 Å². The van der Waals surface area contributed by atoms with Crippen LogP contribution in [0.4, 0.5) is 4.79 Å². The number of rotatable bonds is 5. The summed E-state index contributed by atoms with van der Waals surface area (Å²) in [6.07, 6.45) is 3.97. The maximum absolute atomic E-state index is 12.4. The first-order valence-corrected chi connectivity index (χ1v) is 12.0. The minimum atomic E-state index is -0.474. The number of hydrogen-bond acceptors (Lipinski definition) is 4. The zero-order valence-electron chi connectivity index (χ0n) is 20.3. The van der Waals surface area contributed by atoms with Gasteiger partial charge < -0.3 is 14.7 Å².